The summed E-state index contributed by atoms with van der Waals surface area (Å²) in [6.07, 6.45) is 0. The molecule has 0 aliphatic rings. The number of carbonyl (C=O) groups excluding carboxylic acids is 2. The van der Waals surface area contributed by atoms with E-state index < -0.39 is 0 Å². The van der Waals surface area contributed by atoms with Gasteiger partial charge in [0, 0.05) is 16.8 Å². The van der Waals surface area contributed by atoms with Crippen LogP contribution in [0.3, 0.4) is 0 Å². The van der Waals surface area contributed by atoms with E-state index in [4.69, 9.17) is 9.47 Å². The molecule has 148 valence electrons. The summed E-state index contributed by atoms with van der Waals surface area (Å²) < 4.78 is 10.7. The summed E-state index contributed by atoms with van der Waals surface area (Å²) in [4.78, 5) is 24.5. The largest absolute Gasteiger partial charge is 0.497 e. The Morgan fingerprint density at radius 2 is 1.34 bits per heavy atom. The van der Waals surface area contributed by atoms with Crippen molar-refractivity contribution in [2.24, 2.45) is 0 Å². The maximum atomic E-state index is 12.2. The molecule has 0 aliphatic heterocycles. The SMILES string of the molecule is COc1ccc(OCCNC(=O)c2ccc(C(=O)Nc3ccccc3)cc2)cc1. The fourth-order valence-corrected chi connectivity index (χ4v) is 2.61. The van der Waals surface area contributed by atoms with Gasteiger partial charge < -0.3 is 20.1 Å². The molecule has 0 bridgehead atoms. The van der Waals surface area contributed by atoms with E-state index in [1.54, 1.807) is 43.5 Å². The fourth-order valence-electron chi connectivity index (χ4n) is 2.61. The molecule has 2 amide bonds. The van der Waals surface area contributed by atoms with Crippen molar-refractivity contribution in [1.29, 1.82) is 0 Å². The third kappa shape index (κ3) is 5.84. The van der Waals surface area contributed by atoms with Gasteiger partial charge in [-0.2, -0.15) is 0 Å². The number of nitrogens with one attached hydrogen (secondary N) is 2. The molecule has 3 aromatic carbocycles. The molecule has 0 saturated carbocycles. The first kappa shape index (κ1) is 19.9. The van der Waals surface area contributed by atoms with Gasteiger partial charge in [-0.1, -0.05) is 18.2 Å². The molecule has 3 aromatic rings. The van der Waals surface area contributed by atoms with Crippen molar-refractivity contribution in [3.63, 3.8) is 0 Å². The molecule has 0 fully saturated rings. The van der Waals surface area contributed by atoms with E-state index in [9.17, 15) is 9.59 Å². The van der Waals surface area contributed by atoms with Crippen molar-refractivity contribution in [1.82, 2.24) is 5.32 Å². The van der Waals surface area contributed by atoms with Crippen LogP contribution in [-0.4, -0.2) is 32.1 Å². The minimum atomic E-state index is -0.226. The lowest BCUT2D eigenvalue weighted by Gasteiger charge is -2.09. The number of rotatable bonds is 8. The molecule has 0 aliphatic carbocycles. The third-order valence-electron chi connectivity index (χ3n) is 4.16. The molecule has 0 aromatic heterocycles. The summed E-state index contributed by atoms with van der Waals surface area (Å²) in [5.74, 6) is 1.01. The van der Waals surface area contributed by atoms with Gasteiger partial charge in [-0.3, -0.25) is 9.59 Å². The Morgan fingerprint density at radius 3 is 1.97 bits per heavy atom. The first-order valence-corrected chi connectivity index (χ1v) is 9.17. The van der Waals surface area contributed by atoms with Crippen LogP contribution in [0, 0.1) is 0 Å². The maximum absolute atomic E-state index is 12.2. The van der Waals surface area contributed by atoms with Crippen molar-refractivity contribution >= 4 is 17.5 Å². The standard InChI is InChI=1S/C23H22N2O4/c1-28-20-11-13-21(14-12-20)29-16-15-24-22(26)17-7-9-18(10-8-17)23(27)25-19-5-3-2-4-6-19/h2-14H,15-16H2,1H3,(H,24,26)(H,25,27). The van der Waals surface area contributed by atoms with Crippen molar-refractivity contribution in [2.45, 2.75) is 0 Å². The van der Waals surface area contributed by atoms with Gasteiger partial charge in [0.15, 0.2) is 0 Å². The van der Waals surface area contributed by atoms with Crippen LogP contribution >= 0.6 is 0 Å². The van der Waals surface area contributed by atoms with E-state index in [1.165, 1.54) is 0 Å². The Morgan fingerprint density at radius 1 is 0.759 bits per heavy atom. The number of amides is 2. The van der Waals surface area contributed by atoms with Crippen molar-refractivity contribution in [3.8, 4) is 11.5 Å². The Labute approximate surface area is 169 Å². The topological polar surface area (TPSA) is 76.7 Å². The van der Waals surface area contributed by atoms with Crippen molar-refractivity contribution < 1.29 is 19.1 Å². The van der Waals surface area contributed by atoms with Gasteiger partial charge in [0.1, 0.15) is 18.1 Å². The number of carbonyl (C=O) groups is 2. The van der Waals surface area contributed by atoms with Gasteiger partial charge >= 0.3 is 0 Å². The smallest absolute Gasteiger partial charge is 0.255 e. The molecular weight excluding hydrogens is 368 g/mol. The maximum Gasteiger partial charge on any atom is 0.255 e. The van der Waals surface area contributed by atoms with Gasteiger partial charge in [0.25, 0.3) is 11.8 Å². The van der Waals surface area contributed by atoms with Gasteiger partial charge in [-0.25, -0.2) is 0 Å². The second kappa shape index (κ2) is 9.94. The van der Waals surface area contributed by atoms with E-state index in [0.29, 0.717) is 30.0 Å². The highest BCUT2D eigenvalue weighted by atomic mass is 16.5. The van der Waals surface area contributed by atoms with Crippen LogP contribution in [0.5, 0.6) is 11.5 Å². The summed E-state index contributed by atoms with van der Waals surface area (Å²) >= 11 is 0. The van der Waals surface area contributed by atoms with E-state index in [-0.39, 0.29) is 11.8 Å². The summed E-state index contributed by atoms with van der Waals surface area (Å²) in [6, 6.07) is 22.9. The summed E-state index contributed by atoms with van der Waals surface area (Å²) in [5.41, 5.74) is 1.68. The molecule has 0 radical (unpaired) electrons. The Hall–Kier alpha value is -3.80. The second-order valence-electron chi connectivity index (χ2n) is 6.18. The van der Waals surface area contributed by atoms with Crippen LogP contribution < -0.4 is 20.1 Å². The number of anilines is 1. The average Bonchev–Trinajstić information content (AvgIpc) is 2.77. The van der Waals surface area contributed by atoms with Gasteiger partial charge in [0.2, 0.25) is 0 Å². The number of ether oxygens (including phenoxy) is 2. The number of para-hydroxylation sites is 1. The minimum Gasteiger partial charge on any atom is -0.497 e. The highest BCUT2D eigenvalue weighted by Gasteiger charge is 2.09. The van der Waals surface area contributed by atoms with Gasteiger partial charge in [-0.15, -0.1) is 0 Å². The molecule has 0 saturated heterocycles. The van der Waals surface area contributed by atoms with Crippen LogP contribution in [-0.2, 0) is 0 Å². The summed E-state index contributed by atoms with van der Waals surface area (Å²) in [7, 11) is 1.60. The van der Waals surface area contributed by atoms with Crippen molar-refractivity contribution in [3.05, 3.63) is 90.0 Å². The fraction of sp³-hybridized carbons (Fsp3) is 0.130. The zero-order valence-electron chi connectivity index (χ0n) is 16.1. The molecule has 6 nitrogen and oxygen atoms in total. The zero-order chi connectivity index (χ0) is 20.5. The van der Waals surface area contributed by atoms with Crippen LogP contribution in [0.1, 0.15) is 20.7 Å². The molecule has 0 spiro atoms. The first-order valence-electron chi connectivity index (χ1n) is 9.17. The monoisotopic (exact) mass is 390 g/mol. The molecule has 0 atom stereocenters. The molecule has 0 heterocycles. The quantitative estimate of drug-likeness (QED) is 0.574. The lowest BCUT2D eigenvalue weighted by molar-refractivity contribution is 0.0945. The highest BCUT2D eigenvalue weighted by molar-refractivity contribution is 6.05. The first-order chi connectivity index (χ1) is 14.2. The number of benzene rings is 3. The molecular formula is C23H22N2O4. The Balaban J connectivity index is 1.45. The molecule has 3 rings (SSSR count). The van der Waals surface area contributed by atoms with Crippen LogP contribution in [0.2, 0.25) is 0 Å². The summed E-state index contributed by atoms with van der Waals surface area (Å²) in [5, 5.41) is 5.60. The second-order valence-corrected chi connectivity index (χ2v) is 6.18. The predicted molar refractivity (Wildman–Crippen MR) is 112 cm³/mol. The van der Waals surface area contributed by atoms with E-state index in [0.717, 1.165) is 11.4 Å². The lowest BCUT2D eigenvalue weighted by Crippen LogP contribution is -2.28. The number of hydrogen-bond acceptors (Lipinski definition) is 4. The van der Waals surface area contributed by atoms with Gasteiger partial charge in [0.05, 0.1) is 13.7 Å². The van der Waals surface area contributed by atoms with Crippen LogP contribution in [0.15, 0.2) is 78.9 Å². The van der Waals surface area contributed by atoms with E-state index >= 15 is 0 Å². The normalized spacial score (nSPS) is 10.1. The average molecular weight is 390 g/mol. The van der Waals surface area contributed by atoms with E-state index in [2.05, 4.69) is 10.6 Å². The van der Waals surface area contributed by atoms with Gasteiger partial charge in [-0.05, 0) is 60.7 Å². The lowest BCUT2D eigenvalue weighted by atomic mass is 10.1. The number of hydrogen-bond donors (Lipinski definition) is 2. The molecule has 2 N–H and O–H groups in total. The van der Waals surface area contributed by atoms with Crippen LogP contribution in [0.4, 0.5) is 5.69 Å². The minimum absolute atomic E-state index is 0.224. The van der Waals surface area contributed by atoms with Crippen molar-refractivity contribution in [2.75, 3.05) is 25.6 Å². The highest BCUT2D eigenvalue weighted by Crippen LogP contribution is 2.16. The zero-order valence-corrected chi connectivity index (χ0v) is 16.1. The Bertz CT molecular complexity index is 939. The third-order valence-corrected chi connectivity index (χ3v) is 4.16. The Kier molecular flexibility index (Phi) is 6.84. The predicted octanol–water partition coefficient (Wildman–Crippen LogP) is 3.76. The molecule has 0 unspecified atom stereocenters. The number of methoxy groups -OCH3 is 1. The van der Waals surface area contributed by atoms with E-state index in [1.807, 2.05) is 42.5 Å². The van der Waals surface area contributed by atoms with Crippen LogP contribution in [0.25, 0.3) is 0 Å². The molecule has 29 heavy (non-hydrogen) atoms. The summed E-state index contributed by atoms with van der Waals surface area (Å²) in [6.45, 7) is 0.705. The molecule has 6 heteroatoms.